The first-order valence-corrected chi connectivity index (χ1v) is 11.5. The molecule has 0 atom stereocenters. The summed E-state index contributed by atoms with van der Waals surface area (Å²) in [6, 6.07) is 10.5. The Morgan fingerprint density at radius 2 is 1.80 bits per heavy atom. The number of benzene rings is 2. The van der Waals surface area contributed by atoms with Gasteiger partial charge in [0.05, 0.1) is 17.4 Å². The number of rotatable bonds is 8. The number of likely N-dealkylation sites (tertiary alicyclic amines) is 1. The number of halogens is 1. The van der Waals surface area contributed by atoms with Crippen LogP contribution in [0.2, 0.25) is 5.02 Å². The van der Waals surface area contributed by atoms with Gasteiger partial charge in [-0.1, -0.05) is 31.4 Å². The highest BCUT2D eigenvalue weighted by Gasteiger charge is 2.14. The summed E-state index contributed by atoms with van der Waals surface area (Å²) in [4.78, 5) is 15.4. The average molecular weight is 428 g/mol. The van der Waals surface area contributed by atoms with E-state index in [2.05, 4.69) is 11.8 Å². The molecule has 1 aliphatic rings. The van der Waals surface area contributed by atoms with E-state index < -0.39 is 0 Å². The molecule has 0 N–H and O–H groups in total. The molecule has 0 spiro atoms. The summed E-state index contributed by atoms with van der Waals surface area (Å²) in [5.74, 6) is 1.61. The maximum atomic E-state index is 12.8. The molecule has 0 bridgehead atoms. The molecule has 2 aromatic carbocycles. The Hall–Kier alpha value is -2.04. The molecule has 1 fully saturated rings. The van der Waals surface area contributed by atoms with Gasteiger partial charge in [0.2, 0.25) is 5.43 Å². The molecule has 0 saturated carbocycles. The summed E-state index contributed by atoms with van der Waals surface area (Å²) in [5, 5.41) is 1.63. The van der Waals surface area contributed by atoms with Gasteiger partial charge in [0.1, 0.15) is 16.9 Å². The molecule has 4 rings (SSSR count). The van der Waals surface area contributed by atoms with E-state index in [4.69, 9.17) is 20.8 Å². The molecule has 5 heteroatoms. The van der Waals surface area contributed by atoms with Crippen LogP contribution in [0.25, 0.3) is 21.9 Å². The van der Waals surface area contributed by atoms with Gasteiger partial charge in [0, 0.05) is 11.1 Å². The van der Waals surface area contributed by atoms with Crippen LogP contribution in [0, 0.1) is 5.92 Å². The third kappa shape index (κ3) is 5.16. The molecule has 1 aliphatic heterocycles. The largest absolute Gasteiger partial charge is 0.494 e. The van der Waals surface area contributed by atoms with E-state index >= 15 is 0 Å². The van der Waals surface area contributed by atoms with Crippen molar-refractivity contribution in [2.45, 2.75) is 45.4 Å². The minimum Gasteiger partial charge on any atom is -0.494 e. The van der Waals surface area contributed by atoms with Gasteiger partial charge in [-0.15, -0.1) is 0 Å². The van der Waals surface area contributed by atoms with Crippen LogP contribution in [0.3, 0.4) is 0 Å². The van der Waals surface area contributed by atoms with Crippen LogP contribution < -0.4 is 10.2 Å². The molecule has 1 saturated heterocycles. The molecule has 0 unspecified atom stereocenters. The summed E-state index contributed by atoms with van der Waals surface area (Å²) in [6.07, 6.45) is 7.40. The van der Waals surface area contributed by atoms with Crippen molar-refractivity contribution in [3.63, 3.8) is 0 Å². The molecular weight excluding hydrogens is 398 g/mol. The van der Waals surface area contributed by atoms with Crippen LogP contribution in [0.4, 0.5) is 0 Å². The summed E-state index contributed by atoms with van der Waals surface area (Å²) in [5.41, 5.74) is 1.00. The van der Waals surface area contributed by atoms with E-state index in [1.54, 1.807) is 30.3 Å². The molecule has 3 aromatic rings. The smallest absolute Gasteiger partial charge is 0.200 e. The van der Waals surface area contributed by atoms with Crippen molar-refractivity contribution in [2.24, 2.45) is 5.92 Å². The summed E-state index contributed by atoms with van der Waals surface area (Å²) >= 11 is 6.01. The monoisotopic (exact) mass is 427 g/mol. The van der Waals surface area contributed by atoms with E-state index in [0.29, 0.717) is 39.3 Å². The second kappa shape index (κ2) is 9.84. The second-order valence-corrected chi connectivity index (χ2v) is 8.95. The van der Waals surface area contributed by atoms with Crippen LogP contribution >= 0.6 is 11.6 Å². The lowest BCUT2D eigenvalue weighted by Gasteiger charge is -2.30. The third-order valence-corrected chi connectivity index (χ3v) is 6.35. The molecule has 0 amide bonds. The van der Waals surface area contributed by atoms with E-state index in [-0.39, 0.29) is 5.43 Å². The number of ether oxygens (including phenoxy) is 1. The van der Waals surface area contributed by atoms with E-state index in [1.807, 2.05) is 6.07 Å². The number of fused-ring (bicyclic) bond motifs is 2. The minimum atomic E-state index is -0.0551. The van der Waals surface area contributed by atoms with Crippen molar-refractivity contribution in [3.05, 3.63) is 51.6 Å². The van der Waals surface area contributed by atoms with Crippen molar-refractivity contribution in [2.75, 3.05) is 26.2 Å². The van der Waals surface area contributed by atoms with E-state index in [1.165, 1.54) is 51.7 Å². The molecule has 0 aliphatic carbocycles. The predicted molar refractivity (Wildman–Crippen MR) is 124 cm³/mol. The van der Waals surface area contributed by atoms with Gasteiger partial charge < -0.3 is 14.1 Å². The van der Waals surface area contributed by atoms with Crippen molar-refractivity contribution < 1.29 is 9.15 Å². The van der Waals surface area contributed by atoms with Crippen molar-refractivity contribution in [1.29, 1.82) is 0 Å². The fourth-order valence-electron chi connectivity index (χ4n) is 4.16. The summed E-state index contributed by atoms with van der Waals surface area (Å²) in [7, 11) is 0. The first kappa shape index (κ1) is 21.2. The number of nitrogens with zero attached hydrogens (tertiary/aromatic N) is 1. The fraction of sp³-hybridized carbons (Fsp3) is 0.480. The van der Waals surface area contributed by atoms with Crippen LogP contribution in [-0.2, 0) is 0 Å². The quantitative estimate of drug-likeness (QED) is 0.314. The second-order valence-electron chi connectivity index (χ2n) is 8.52. The fourth-order valence-corrected chi connectivity index (χ4v) is 4.33. The Kier molecular flexibility index (Phi) is 6.96. The first-order chi connectivity index (χ1) is 14.6. The van der Waals surface area contributed by atoms with Crippen molar-refractivity contribution in [3.8, 4) is 5.75 Å². The lowest BCUT2D eigenvalue weighted by molar-refractivity contribution is 0.188. The molecular formula is C25H30ClNO3. The van der Waals surface area contributed by atoms with Gasteiger partial charge in [-0.25, -0.2) is 0 Å². The van der Waals surface area contributed by atoms with E-state index in [0.717, 1.165) is 12.3 Å². The zero-order chi connectivity index (χ0) is 20.9. The average Bonchev–Trinajstić information content (AvgIpc) is 2.74. The molecule has 160 valence electrons. The topological polar surface area (TPSA) is 42.7 Å². The van der Waals surface area contributed by atoms with Crippen LogP contribution in [0.15, 0.2) is 45.6 Å². The van der Waals surface area contributed by atoms with Gasteiger partial charge in [0.15, 0.2) is 0 Å². The maximum Gasteiger partial charge on any atom is 0.200 e. The Bertz CT molecular complexity index is 1050. The van der Waals surface area contributed by atoms with Gasteiger partial charge >= 0.3 is 0 Å². The Balaban J connectivity index is 1.25. The Morgan fingerprint density at radius 1 is 1.00 bits per heavy atom. The zero-order valence-corrected chi connectivity index (χ0v) is 18.4. The lowest BCUT2D eigenvalue weighted by Crippen LogP contribution is -2.33. The SMILES string of the molecule is CC1CCN(CCCCCCOc2ccc3oc4cc(Cl)ccc4c(=O)c3c2)CC1. The highest BCUT2D eigenvalue weighted by Crippen LogP contribution is 2.25. The van der Waals surface area contributed by atoms with E-state index in [9.17, 15) is 4.79 Å². The summed E-state index contributed by atoms with van der Waals surface area (Å²) in [6.45, 7) is 6.79. The zero-order valence-electron chi connectivity index (χ0n) is 17.7. The minimum absolute atomic E-state index is 0.0551. The number of hydrogen-bond donors (Lipinski definition) is 0. The standard InChI is InChI=1S/C25H30ClNO3/c1-18-10-13-27(14-11-18)12-4-2-3-5-15-29-20-7-9-23-22(17-20)25(28)21-8-6-19(26)16-24(21)30-23/h6-9,16-18H,2-5,10-15H2,1H3. The van der Waals surface area contributed by atoms with Crippen LogP contribution in [0.1, 0.15) is 45.4 Å². The molecule has 30 heavy (non-hydrogen) atoms. The van der Waals surface area contributed by atoms with Crippen LogP contribution in [-0.4, -0.2) is 31.1 Å². The van der Waals surface area contributed by atoms with Gasteiger partial charge in [-0.3, -0.25) is 4.79 Å². The number of piperidine rings is 1. The highest BCUT2D eigenvalue weighted by atomic mass is 35.5. The molecule has 0 radical (unpaired) electrons. The Labute approximate surface area is 182 Å². The molecule has 4 nitrogen and oxygen atoms in total. The molecule has 1 aromatic heterocycles. The van der Waals surface area contributed by atoms with Gasteiger partial charge in [-0.2, -0.15) is 0 Å². The highest BCUT2D eigenvalue weighted by molar-refractivity contribution is 6.31. The normalized spacial score (nSPS) is 15.8. The first-order valence-electron chi connectivity index (χ1n) is 11.1. The lowest BCUT2D eigenvalue weighted by atomic mass is 9.99. The maximum absolute atomic E-state index is 12.8. The Morgan fingerprint density at radius 3 is 2.63 bits per heavy atom. The van der Waals surface area contributed by atoms with Crippen molar-refractivity contribution in [1.82, 2.24) is 4.90 Å². The van der Waals surface area contributed by atoms with Crippen LogP contribution in [0.5, 0.6) is 5.75 Å². The number of hydrogen-bond acceptors (Lipinski definition) is 4. The number of unbranched alkanes of at least 4 members (excludes halogenated alkanes) is 3. The predicted octanol–water partition coefficient (Wildman–Crippen LogP) is 6.27. The van der Waals surface area contributed by atoms with Gasteiger partial charge in [0.25, 0.3) is 0 Å². The summed E-state index contributed by atoms with van der Waals surface area (Å²) < 4.78 is 11.7. The third-order valence-electron chi connectivity index (χ3n) is 6.12. The van der Waals surface area contributed by atoms with Gasteiger partial charge in [-0.05, 0) is 81.6 Å². The van der Waals surface area contributed by atoms with Crippen molar-refractivity contribution >= 4 is 33.5 Å². The molecule has 2 heterocycles.